The van der Waals surface area contributed by atoms with Gasteiger partial charge in [0.2, 0.25) is 11.8 Å². The summed E-state index contributed by atoms with van der Waals surface area (Å²) < 4.78 is 43.3. The Morgan fingerprint density at radius 2 is 1.59 bits per heavy atom. The fourth-order valence-corrected chi connectivity index (χ4v) is 6.90. The highest BCUT2D eigenvalue weighted by atomic mass is 127. The lowest BCUT2D eigenvalue weighted by molar-refractivity contribution is -0.140. The first-order valence-corrected chi connectivity index (χ1v) is 16.4. The first kappa shape index (κ1) is 31.0. The summed E-state index contributed by atoms with van der Waals surface area (Å²) in [5.74, 6) is -1.20. The van der Waals surface area contributed by atoms with Gasteiger partial charge in [-0.3, -0.25) is 13.9 Å². The van der Waals surface area contributed by atoms with Crippen molar-refractivity contribution in [2.24, 2.45) is 0 Å². The molecular formula is C31H35FIN3O4S. The summed E-state index contributed by atoms with van der Waals surface area (Å²) in [6.45, 7) is 1.35. The van der Waals surface area contributed by atoms with Crippen LogP contribution in [0.4, 0.5) is 10.1 Å². The van der Waals surface area contributed by atoms with Gasteiger partial charge in [0.15, 0.2) is 0 Å². The summed E-state index contributed by atoms with van der Waals surface area (Å²) in [7, 11) is -4.12. The van der Waals surface area contributed by atoms with Gasteiger partial charge in [0.05, 0.1) is 10.6 Å². The molecule has 41 heavy (non-hydrogen) atoms. The second-order valence-corrected chi connectivity index (χ2v) is 13.3. The molecule has 2 amide bonds. The Bertz CT molecular complexity index is 1410. The summed E-state index contributed by atoms with van der Waals surface area (Å²) in [4.78, 5) is 29.1. The number of amides is 2. The number of anilines is 1. The third kappa shape index (κ3) is 8.06. The molecule has 0 spiro atoms. The molecule has 1 aliphatic carbocycles. The van der Waals surface area contributed by atoms with E-state index in [1.54, 1.807) is 54.6 Å². The fraction of sp³-hybridized carbons (Fsp3) is 0.355. The molecule has 10 heteroatoms. The number of sulfonamides is 1. The summed E-state index contributed by atoms with van der Waals surface area (Å²) in [6.07, 6.45) is 5.35. The van der Waals surface area contributed by atoms with Gasteiger partial charge in [0.25, 0.3) is 10.0 Å². The predicted molar refractivity (Wildman–Crippen MR) is 166 cm³/mol. The standard InChI is InChI=1S/C31H35FIN3O4S/c1-2-29(31(38)34-26-9-5-3-6-10-26)35(21-23-13-15-24(32)16-14-23)30(37)22-36(27-19-17-25(33)18-20-27)41(39,40)28-11-7-4-8-12-28/h4,7-8,11-20,26,29H,2-3,5-6,9-10,21-22H2,1H3,(H,34,38)/t29-/m1/s1. The van der Waals surface area contributed by atoms with Crippen molar-refractivity contribution in [1.82, 2.24) is 10.2 Å². The highest BCUT2D eigenvalue weighted by molar-refractivity contribution is 14.1. The van der Waals surface area contributed by atoms with Crippen molar-refractivity contribution in [3.63, 3.8) is 0 Å². The first-order chi connectivity index (χ1) is 19.7. The second kappa shape index (κ2) is 14.3. The van der Waals surface area contributed by atoms with E-state index in [2.05, 4.69) is 27.9 Å². The number of hydrogen-bond acceptors (Lipinski definition) is 4. The molecule has 0 bridgehead atoms. The van der Waals surface area contributed by atoms with Crippen LogP contribution in [-0.2, 0) is 26.2 Å². The van der Waals surface area contributed by atoms with E-state index in [4.69, 9.17) is 0 Å². The monoisotopic (exact) mass is 691 g/mol. The predicted octanol–water partition coefficient (Wildman–Crippen LogP) is 5.88. The molecular weight excluding hydrogens is 656 g/mol. The lowest BCUT2D eigenvalue weighted by atomic mass is 9.95. The lowest BCUT2D eigenvalue weighted by Gasteiger charge is -2.34. The van der Waals surface area contributed by atoms with E-state index in [0.717, 1.165) is 40.0 Å². The number of benzene rings is 3. The number of hydrogen-bond donors (Lipinski definition) is 1. The smallest absolute Gasteiger partial charge is 0.264 e. The third-order valence-electron chi connectivity index (χ3n) is 7.33. The van der Waals surface area contributed by atoms with E-state index >= 15 is 0 Å². The second-order valence-electron chi connectivity index (χ2n) is 10.2. The van der Waals surface area contributed by atoms with Gasteiger partial charge in [-0.2, -0.15) is 0 Å². The van der Waals surface area contributed by atoms with Gasteiger partial charge < -0.3 is 10.2 Å². The van der Waals surface area contributed by atoms with Crippen LogP contribution in [0.5, 0.6) is 0 Å². The minimum Gasteiger partial charge on any atom is -0.352 e. The molecule has 0 saturated heterocycles. The topological polar surface area (TPSA) is 86.8 Å². The van der Waals surface area contributed by atoms with E-state index < -0.39 is 34.3 Å². The summed E-state index contributed by atoms with van der Waals surface area (Å²) in [6, 6.07) is 19.8. The van der Waals surface area contributed by atoms with E-state index in [-0.39, 0.29) is 23.4 Å². The van der Waals surface area contributed by atoms with Gasteiger partial charge in [-0.1, -0.05) is 56.5 Å². The van der Waals surface area contributed by atoms with Crippen LogP contribution in [0.25, 0.3) is 0 Å². The van der Waals surface area contributed by atoms with Gasteiger partial charge in [0, 0.05) is 16.2 Å². The molecule has 1 N–H and O–H groups in total. The number of carbonyl (C=O) groups is 2. The molecule has 3 aromatic rings. The Morgan fingerprint density at radius 1 is 0.951 bits per heavy atom. The van der Waals surface area contributed by atoms with E-state index in [9.17, 15) is 22.4 Å². The minimum absolute atomic E-state index is 0.0294. The Labute approximate surface area is 255 Å². The Balaban J connectivity index is 1.68. The number of nitrogens with one attached hydrogen (secondary N) is 1. The normalized spacial score (nSPS) is 14.7. The lowest BCUT2D eigenvalue weighted by Crippen LogP contribution is -2.54. The number of carbonyl (C=O) groups excluding carboxylic acids is 2. The van der Waals surface area contributed by atoms with Gasteiger partial charge in [-0.25, -0.2) is 12.8 Å². The number of halogens is 2. The number of nitrogens with zero attached hydrogens (tertiary/aromatic N) is 2. The minimum atomic E-state index is -4.12. The van der Waals surface area contributed by atoms with Crippen LogP contribution < -0.4 is 9.62 Å². The van der Waals surface area contributed by atoms with E-state index in [0.29, 0.717) is 17.7 Å². The van der Waals surface area contributed by atoms with Gasteiger partial charge in [0.1, 0.15) is 18.4 Å². The Morgan fingerprint density at radius 3 is 2.20 bits per heavy atom. The average molecular weight is 692 g/mol. The summed E-state index contributed by atoms with van der Waals surface area (Å²) in [5.41, 5.74) is 0.972. The van der Waals surface area contributed by atoms with Gasteiger partial charge >= 0.3 is 0 Å². The van der Waals surface area contributed by atoms with Crippen LogP contribution in [-0.4, -0.2) is 43.8 Å². The van der Waals surface area contributed by atoms with Crippen molar-refractivity contribution in [1.29, 1.82) is 0 Å². The van der Waals surface area contributed by atoms with Gasteiger partial charge in [-0.05, 0) is 95.9 Å². The first-order valence-electron chi connectivity index (χ1n) is 13.9. The molecule has 1 fully saturated rings. The SMILES string of the molecule is CC[C@H](C(=O)NC1CCCCC1)N(Cc1ccc(F)cc1)C(=O)CN(c1ccc(I)cc1)S(=O)(=O)c1ccccc1. The van der Waals surface area contributed by atoms with Crippen LogP contribution in [0.2, 0.25) is 0 Å². The molecule has 218 valence electrons. The number of rotatable bonds is 11. The zero-order chi connectivity index (χ0) is 29.4. The molecule has 1 saturated carbocycles. The average Bonchev–Trinajstić information content (AvgIpc) is 2.98. The Kier molecular flexibility index (Phi) is 10.8. The van der Waals surface area contributed by atoms with Crippen LogP contribution in [0.1, 0.15) is 51.0 Å². The van der Waals surface area contributed by atoms with E-state index in [1.165, 1.54) is 29.2 Å². The van der Waals surface area contributed by atoms with Crippen LogP contribution in [0.15, 0.2) is 83.8 Å². The van der Waals surface area contributed by atoms with Crippen molar-refractivity contribution >= 4 is 50.1 Å². The van der Waals surface area contributed by atoms with Crippen LogP contribution >= 0.6 is 22.6 Å². The van der Waals surface area contributed by atoms with Crippen molar-refractivity contribution in [2.45, 2.75) is 69.0 Å². The molecule has 0 radical (unpaired) electrons. The molecule has 4 rings (SSSR count). The molecule has 0 heterocycles. The zero-order valence-corrected chi connectivity index (χ0v) is 26.0. The van der Waals surface area contributed by atoms with Crippen molar-refractivity contribution < 1.29 is 22.4 Å². The van der Waals surface area contributed by atoms with Crippen LogP contribution in [0, 0.1) is 9.39 Å². The third-order valence-corrected chi connectivity index (χ3v) is 9.84. The van der Waals surface area contributed by atoms with Crippen molar-refractivity contribution in [3.8, 4) is 0 Å². The zero-order valence-electron chi connectivity index (χ0n) is 23.0. The van der Waals surface area contributed by atoms with Gasteiger partial charge in [-0.15, -0.1) is 0 Å². The maximum atomic E-state index is 14.1. The quantitative estimate of drug-likeness (QED) is 0.255. The van der Waals surface area contributed by atoms with Crippen molar-refractivity contribution in [3.05, 3.63) is 93.8 Å². The highest BCUT2D eigenvalue weighted by Gasteiger charge is 2.34. The van der Waals surface area contributed by atoms with Crippen LogP contribution in [0.3, 0.4) is 0 Å². The highest BCUT2D eigenvalue weighted by Crippen LogP contribution is 2.26. The molecule has 1 atom stereocenters. The molecule has 0 aliphatic heterocycles. The van der Waals surface area contributed by atoms with Crippen molar-refractivity contribution in [2.75, 3.05) is 10.8 Å². The summed E-state index contributed by atoms with van der Waals surface area (Å²) >= 11 is 2.13. The molecule has 1 aliphatic rings. The maximum absolute atomic E-state index is 14.1. The maximum Gasteiger partial charge on any atom is 0.264 e. The van der Waals surface area contributed by atoms with E-state index in [1.807, 2.05) is 6.92 Å². The molecule has 0 unspecified atom stereocenters. The fourth-order valence-electron chi connectivity index (χ4n) is 5.11. The summed E-state index contributed by atoms with van der Waals surface area (Å²) in [5, 5.41) is 3.12. The molecule has 0 aromatic heterocycles. The largest absolute Gasteiger partial charge is 0.352 e. The molecule has 3 aromatic carbocycles. The molecule has 7 nitrogen and oxygen atoms in total. The Hall–Kier alpha value is -2.99.